The highest BCUT2D eigenvalue weighted by Gasteiger charge is 2.55. The summed E-state index contributed by atoms with van der Waals surface area (Å²) >= 11 is 0. The Balaban J connectivity index is 1.51. The van der Waals surface area contributed by atoms with Crippen LogP contribution in [0, 0.1) is 28.6 Å². The van der Waals surface area contributed by atoms with Crippen molar-refractivity contribution >= 4 is 0 Å². The predicted octanol–water partition coefficient (Wildman–Crippen LogP) is 4.00. The van der Waals surface area contributed by atoms with Gasteiger partial charge in [-0.2, -0.15) is 0 Å². The van der Waals surface area contributed by atoms with E-state index in [4.69, 9.17) is 4.74 Å². The van der Waals surface area contributed by atoms with Gasteiger partial charge in [0.15, 0.2) is 0 Å². The second-order valence-electron chi connectivity index (χ2n) is 8.92. The molecule has 120 valence electrons. The molecular formula is C19H33NO. The third-order valence-corrected chi connectivity index (χ3v) is 7.69. The molecule has 5 aliphatic rings. The van der Waals surface area contributed by atoms with Gasteiger partial charge >= 0.3 is 0 Å². The van der Waals surface area contributed by atoms with Gasteiger partial charge in [-0.05, 0) is 74.5 Å². The van der Waals surface area contributed by atoms with E-state index >= 15 is 0 Å². The minimum atomic E-state index is 0.386. The lowest BCUT2D eigenvalue weighted by molar-refractivity contribution is -0.145. The largest absolute Gasteiger partial charge is 0.376 e. The first-order valence-electron chi connectivity index (χ1n) is 9.49. The van der Waals surface area contributed by atoms with Gasteiger partial charge in [0, 0.05) is 18.5 Å². The molecule has 1 atom stereocenters. The maximum absolute atomic E-state index is 6.62. The monoisotopic (exact) mass is 291 g/mol. The van der Waals surface area contributed by atoms with Crippen LogP contribution in [-0.2, 0) is 4.74 Å². The average molecular weight is 291 g/mol. The van der Waals surface area contributed by atoms with E-state index in [9.17, 15) is 0 Å². The molecule has 1 N–H and O–H groups in total. The number of hydrogen-bond acceptors (Lipinski definition) is 2. The third-order valence-electron chi connectivity index (χ3n) is 7.69. The molecule has 1 saturated heterocycles. The summed E-state index contributed by atoms with van der Waals surface area (Å²) in [5.74, 6) is 3.10. The molecule has 0 aromatic heterocycles. The molecule has 0 aromatic carbocycles. The zero-order valence-electron chi connectivity index (χ0n) is 14.0. The highest BCUT2D eigenvalue weighted by molar-refractivity contribution is 5.05. The molecule has 5 rings (SSSR count). The first kappa shape index (κ1) is 14.5. The van der Waals surface area contributed by atoms with Crippen LogP contribution in [0.5, 0.6) is 0 Å². The molecular weight excluding hydrogens is 258 g/mol. The second-order valence-corrected chi connectivity index (χ2v) is 8.92. The Morgan fingerprint density at radius 3 is 2.05 bits per heavy atom. The molecule has 4 saturated carbocycles. The van der Waals surface area contributed by atoms with Gasteiger partial charge < -0.3 is 10.1 Å². The minimum absolute atomic E-state index is 0.386. The van der Waals surface area contributed by atoms with E-state index in [1.165, 1.54) is 51.4 Å². The summed E-state index contributed by atoms with van der Waals surface area (Å²) in [4.78, 5) is 0. The summed E-state index contributed by atoms with van der Waals surface area (Å²) in [5.41, 5.74) is 0.927. The Morgan fingerprint density at radius 2 is 1.52 bits per heavy atom. The molecule has 1 heterocycles. The Morgan fingerprint density at radius 1 is 0.952 bits per heavy atom. The van der Waals surface area contributed by atoms with Crippen LogP contribution < -0.4 is 5.32 Å². The van der Waals surface area contributed by atoms with Gasteiger partial charge in [0.1, 0.15) is 0 Å². The molecule has 2 heteroatoms. The van der Waals surface area contributed by atoms with Crippen LogP contribution in [0.4, 0.5) is 0 Å². The van der Waals surface area contributed by atoms with Crippen molar-refractivity contribution in [3.05, 3.63) is 0 Å². The fourth-order valence-corrected chi connectivity index (χ4v) is 6.53. The summed E-state index contributed by atoms with van der Waals surface area (Å²) in [5, 5.41) is 3.79. The first-order chi connectivity index (χ1) is 10.2. The van der Waals surface area contributed by atoms with Crippen molar-refractivity contribution in [3.8, 4) is 0 Å². The van der Waals surface area contributed by atoms with Crippen LogP contribution in [0.1, 0.15) is 65.2 Å². The van der Waals surface area contributed by atoms with Gasteiger partial charge in [0.05, 0.1) is 12.7 Å². The molecule has 2 nitrogen and oxygen atoms in total. The predicted molar refractivity (Wildman–Crippen MR) is 86.2 cm³/mol. The molecule has 0 spiro atoms. The van der Waals surface area contributed by atoms with E-state index in [2.05, 4.69) is 19.2 Å². The summed E-state index contributed by atoms with van der Waals surface area (Å²) in [6.07, 6.45) is 12.0. The summed E-state index contributed by atoms with van der Waals surface area (Å²) in [6.45, 7) is 7.91. The normalized spacial score (nSPS) is 48.3. The third kappa shape index (κ3) is 2.37. The Labute approximate surface area is 130 Å². The molecule has 0 aromatic rings. The zero-order valence-corrected chi connectivity index (χ0v) is 14.0. The topological polar surface area (TPSA) is 21.3 Å². The quantitative estimate of drug-likeness (QED) is 0.848. The Kier molecular flexibility index (Phi) is 3.61. The van der Waals surface area contributed by atoms with Gasteiger partial charge in [-0.25, -0.2) is 0 Å². The molecule has 21 heavy (non-hydrogen) atoms. The SMILES string of the molecule is CCC1(CC)CNCC(C23CC4CC(CC(C4)C2)C3)OC1. The summed E-state index contributed by atoms with van der Waals surface area (Å²) in [6, 6.07) is 0. The van der Waals surface area contributed by atoms with Crippen molar-refractivity contribution in [1.82, 2.24) is 5.32 Å². The number of nitrogens with one attached hydrogen (secondary N) is 1. The average Bonchev–Trinajstić information content (AvgIpc) is 2.69. The van der Waals surface area contributed by atoms with Gasteiger partial charge in [0.2, 0.25) is 0 Å². The van der Waals surface area contributed by atoms with E-state index in [-0.39, 0.29) is 0 Å². The lowest BCUT2D eigenvalue weighted by atomic mass is 9.48. The van der Waals surface area contributed by atoms with Gasteiger partial charge in [0.25, 0.3) is 0 Å². The number of hydrogen-bond donors (Lipinski definition) is 1. The van der Waals surface area contributed by atoms with Crippen molar-refractivity contribution in [2.24, 2.45) is 28.6 Å². The van der Waals surface area contributed by atoms with E-state index in [1.807, 2.05) is 0 Å². The highest BCUT2D eigenvalue weighted by atomic mass is 16.5. The van der Waals surface area contributed by atoms with Crippen LogP contribution in [0.15, 0.2) is 0 Å². The van der Waals surface area contributed by atoms with E-state index < -0.39 is 0 Å². The lowest BCUT2D eigenvalue weighted by Crippen LogP contribution is -2.54. The Bertz CT molecular complexity index is 352. The van der Waals surface area contributed by atoms with Crippen LogP contribution in [0.3, 0.4) is 0 Å². The number of rotatable bonds is 3. The van der Waals surface area contributed by atoms with Crippen LogP contribution in [-0.4, -0.2) is 25.8 Å². The maximum Gasteiger partial charge on any atom is 0.0756 e. The maximum atomic E-state index is 6.62. The van der Waals surface area contributed by atoms with Gasteiger partial charge in [-0.1, -0.05) is 13.8 Å². The standard InChI is InChI=1S/C19H33NO/c1-3-18(4-2)12-20-11-17(21-13-18)19-8-14-5-15(9-19)7-16(6-14)10-19/h14-17,20H,3-13H2,1-2H3. The van der Waals surface area contributed by atoms with Crippen molar-refractivity contribution < 1.29 is 4.74 Å². The Hall–Kier alpha value is -0.0800. The lowest BCUT2D eigenvalue weighted by Gasteiger charge is -2.59. The van der Waals surface area contributed by atoms with Crippen LogP contribution in [0.25, 0.3) is 0 Å². The first-order valence-corrected chi connectivity index (χ1v) is 9.49. The second kappa shape index (κ2) is 5.23. The minimum Gasteiger partial charge on any atom is -0.376 e. The van der Waals surface area contributed by atoms with Crippen LogP contribution in [0.2, 0.25) is 0 Å². The molecule has 1 unspecified atom stereocenters. The molecule has 4 bridgehead atoms. The summed E-state index contributed by atoms with van der Waals surface area (Å²) < 4.78 is 6.62. The molecule has 1 aliphatic heterocycles. The van der Waals surface area contributed by atoms with E-state index in [0.717, 1.165) is 37.5 Å². The fraction of sp³-hybridized carbons (Fsp3) is 1.00. The van der Waals surface area contributed by atoms with Gasteiger partial charge in [-0.3, -0.25) is 0 Å². The molecule has 5 fully saturated rings. The van der Waals surface area contributed by atoms with Crippen LogP contribution >= 0.6 is 0 Å². The molecule has 0 amide bonds. The van der Waals surface area contributed by atoms with Crippen molar-refractivity contribution in [1.29, 1.82) is 0 Å². The number of ether oxygens (including phenoxy) is 1. The van der Waals surface area contributed by atoms with E-state index in [0.29, 0.717) is 16.9 Å². The molecule has 0 radical (unpaired) electrons. The molecule has 4 aliphatic carbocycles. The van der Waals surface area contributed by atoms with Crippen molar-refractivity contribution in [2.75, 3.05) is 19.7 Å². The van der Waals surface area contributed by atoms with E-state index in [1.54, 1.807) is 0 Å². The fourth-order valence-electron chi connectivity index (χ4n) is 6.53. The smallest absolute Gasteiger partial charge is 0.0756 e. The van der Waals surface area contributed by atoms with Gasteiger partial charge in [-0.15, -0.1) is 0 Å². The highest BCUT2D eigenvalue weighted by Crippen LogP contribution is 2.61. The summed E-state index contributed by atoms with van der Waals surface area (Å²) in [7, 11) is 0. The van der Waals surface area contributed by atoms with Crippen molar-refractivity contribution in [2.45, 2.75) is 71.3 Å². The zero-order chi connectivity index (χ0) is 14.5. The van der Waals surface area contributed by atoms with Crippen molar-refractivity contribution in [3.63, 3.8) is 0 Å².